The van der Waals surface area contributed by atoms with Crippen LogP contribution < -0.4 is 10.5 Å². The molecule has 3 aromatic carbocycles. The Morgan fingerprint density at radius 1 is 1.02 bits per heavy atom. The van der Waals surface area contributed by atoms with Crippen LogP contribution in [-0.2, 0) is 6.54 Å². The SMILES string of the molecule is CN1CCN(CCn2cc(C=C3Oc4cc(O)cc(O)c4C3=O)c3c(-c4ccc(C(N)=O)cc4)cccc32)CC1. The minimum absolute atomic E-state index is 0.0325. The molecule has 0 bridgehead atoms. The number of fused-ring (bicyclic) bond motifs is 2. The van der Waals surface area contributed by atoms with Crippen molar-refractivity contribution in [3.63, 3.8) is 0 Å². The zero-order valence-electron chi connectivity index (χ0n) is 22.1. The number of phenolic OH excluding ortho intramolecular Hbond substituents is 2. The molecule has 0 aliphatic carbocycles. The molecule has 204 valence electrons. The number of likely N-dealkylation sites (N-methyl/N-ethyl adjacent to an activating group) is 1. The minimum Gasteiger partial charge on any atom is -0.508 e. The van der Waals surface area contributed by atoms with E-state index < -0.39 is 11.7 Å². The average molecular weight is 539 g/mol. The summed E-state index contributed by atoms with van der Waals surface area (Å²) < 4.78 is 8.01. The van der Waals surface area contributed by atoms with E-state index in [1.54, 1.807) is 18.2 Å². The first-order chi connectivity index (χ1) is 19.3. The van der Waals surface area contributed by atoms with Crippen LogP contribution in [0.5, 0.6) is 17.2 Å². The Labute approximate surface area is 231 Å². The third-order valence-corrected chi connectivity index (χ3v) is 7.69. The Morgan fingerprint density at radius 2 is 1.77 bits per heavy atom. The van der Waals surface area contributed by atoms with Gasteiger partial charge in [-0.25, -0.2) is 0 Å². The van der Waals surface area contributed by atoms with E-state index in [0.29, 0.717) is 5.56 Å². The fourth-order valence-electron chi connectivity index (χ4n) is 5.47. The number of carbonyl (C=O) groups excluding carboxylic acids is 2. The number of carbonyl (C=O) groups is 2. The van der Waals surface area contributed by atoms with Crippen molar-refractivity contribution in [1.29, 1.82) is 0 Å². The molecule has 4 aromatic rings. The summed E-state index contributed by atoms with van der Waals surface area (Å²) in [5.74, 6) is -1.27. The molecule has 1 saturated heterocycles. The van der Waals surface area contributed by atoms with Gasteiger partial charge in [-0.15, -0.1) is 0 Å². The van der Waals surface area contributed by atoms with Crippen molar-refractivity contribution < 1.29 is 24.5 Å². The summed E-state index contributed by atoms with van der Waals surface area (Å²) in [4.78, 5) is 29.6. The van der Waals surface area contributed by atoms with Crippen molar-refractivity contribution in [2.45, 2.75) is 6.54 Å². The van der Waals surface area contributed by atoms with E-state index in [-0.39, 0.29) is 28.6 Å². The number of allylic oxidation sites excluding steroid dienone is 1. The molecule has 0 atom stereocenters. The van der Waals surface area contributed by atoms with E-state index in [2.05, 4.69) is 27.5 Å². The van der Waals surface area contributed by atoms with Crippen molar-refractivity contribution >= 4 is 28.7 Å². The highest BCUT2D eigenvalue weighted by Crippen LogP contribution is 2.42. The lowest BCUT2D eigenvalue weighted by atomic mass is 9.97. The van der Waals surface area contributed by atoms with Gasteiger partial charge in [0.05, 0.1) is 0 Å². The van der Waals surface area contributed by atoms with E-state index in [0.717, 1.165) is 72.9 Å². The molecule has 40 heavy (non-hydrogen) atoms. The number of nitrogens with two attached hydrogens (primary N) is 1. The highest BCUT2D eigenvalue weighted by Gasteiger charge is 2.32. The van der Waals surface area contributed by atoms with Gasteiger partial charge in [-0.2, -0.15) is 0 Å². The highest BCUT2D eigenvalue weighted by atomic mass is 16.5. The smallest absolute Gasteiger partial charge is 0.248 e. The number of ketones is 1. The maximum absolute atomic E-state index is 13.2. The summed E-state index contributed by atoms with van der Waals surface area (Å²) in [6.45, 7) is 5.76. The van der Waals surface area contributed by atoms with Crippen LogP contribution in [0.4, 0.5) is 0 Å². The molecule has 1 fully saturated rings. The zero-order valence-corrected chi connectivity index (χ0v) is 22.1. The monoisotopic (exact) mass is 538 g/mol. The number of rotatable bonds is 6. The van der Waals surface area contributed by atoms with Gasteiger partial charge >= 0.3 is 0 Å². The van der Waals surface area contributed by atoms with E-state index in [4.69, 9.17) is 10.5 Å². The summed E-state index contributed by atoms with van der Waals surface area (Å²) in [5, 5.41) is 21.1. The highest BCUT2D eigenvalue weighted by molar-refractivity contribution is 6.17. The minimum atomic E-state index is -0.490. The van der Waals surface area contributed by atoms with Crippen LogP contribution in [0.2, 0.25) is 0 Å². The lowest BCUT2D eigenvalue weighted by Crippen LogP contribution is -2.45. The van der Waals surface area contributed by atoms with Crippen LogP contribution in [0.15, 0.2) is 66.6 Å². The summed E-state index contributed by atoms with van der Waals surface area (Å²) in [7, 11) is 2.14. The second-order valence-electron chi connectivity index (χ2n) is 10.3. The molecule has 2 aliphatic rings. The fourth-order valence-corrected chi connectivity index (χ4v) is 5.47. The number of phenols is 2. The van der Waals surface area contributed by atoms with Gasteiger partial charge in [0, 0.05) is 79.6 Å². The van der Waals surface area contributed by atoms with E-state index in [1.165, 1.54) is 6.07 Å². The normalized spacial score (nSPS) is 16.9. The molecular formula is C31H30N4O5. The Bertz CT molecular complexity index is 1660. The standard InChI is InChI=1S/C31H30N4O5/c1-33-9-11-34(12-10-33)13-14-35-18-21(15-27-30(38)29-25(37)16-22(36)17-26(29)40-27)28-23(3-2-4-24(28)35)19-5-7-20(8-6-19)31(32)39/h2-8,15-18,36-37H,9-14H2,1H3,(H2,32,39). The molecule has 1 amide bonds. The van der Waals surface area contributed by atoms with Crippen LogP contribution in [0.1, 0.15) is 26.3 Å². The van der Waals surface area contributed by atoms with Crippen LogP contribution in [0.25, 0.3) is 28.1 Å². The number of primary amides is 1. The first-order valence-electron chi connectivity index (χ1n) is 13.2. The second-order valence-corrected chi connectivity index (χ2v) is 10.3. The maximum Gasteiger partial charge on any atom is 0.248 e. The van der Waals surface area contributed by atoms with Crippen molar-refractivity contribution in [2.24, 2.45) is 5.73 Å². The number of aromatic nitrogens is 1. The summed E-state index contributed by atoms with van der Waals surface area (Å²) in [5.41, 5.74) is 9.52. The molecule has 1 aromatic heterocycles. The predicted molar refractivity (Wildman–Crippen MR) is 153 cm³/mol. The van der Waals surface area contributed by atoms with Gasteiger partial charge in [-0.05, 0) is 42.4 Å². The van der Waals surface area contributed by atoms with Crippen molar-refractivity contribution in [2.75, 3.05) is 39.8 Å². The van der Waals surface area contributed by atoms with Gasteiger partial charge in [-0.3, -0.25) is 14.5 Å². The zero-order chi connectivity index (χ0) is 28.0. The number of ether oxygens (including phenoxy) is 1. The lowest BCUT2D eigenvalue weighted by molar-refractivity contribution is 0.0996. The molecule has 6 rings (SSSR count). The van der Waals surface area contributed by atoms with Crippen molar-refractivity contribution in [3.05, 3.63) is 83.2 Å². The molecule has 9 nitrogen and oxygen atoms in total. The predicted octanol–water partition coefficient (Wildman–Crippen LogP) is 3.68. The van der Waals surface area contributed by atoms with Gasteiger partial charge in [0.15, 0.2) is 5.76 Å². The van der Waals surface area contributed by atoms with Crippen LogP contribution in [0, 0.1) is 0 Å². The van der Waals surface area contributed by atoms with E-state index in [9.17, 15) is 19.8 Å². The number of piperazine rings is 1. The number of aromatic hydroxyl groups is 2. The number of hydrogen-bond acceptors (Lipinski definition) is 7. The molecule has 0 radical (unpaired) electrons. The Balaban J connectivity index is 1.43. The first kappa shape index (κ1) is 25.7. The number of Topliss-reactive ketones (excluding diaryl/α,β-unsaturated/α-hetero) is 1. The van der Waals surface area contributed by atoms with Crippen LogP contribution in [0.3, 0.4) is 0 Å². The quantitative estimate of drug-likeness (QED) is 0.320. The molecular weight excluding hydrogens is 508 g/mol. The number of nitrogens with zero attached hydrogens (tertiary/aromatic N) is 3. The van der Waals surface area contributed by atoms with Crippen LogP contribution in [-0.4, -0.2) is 76.0 Å². The summed E-state index contributed by atoms with van der Waals surface area (Å²) >= 11 is 0. The summed E-state index contributed by atoms with van der Waals surface area (Å²) in [6, 6.07) is 15.6. The Morgan fingerprint density at radius 3 is 2.50 bits per heavy atom. The Kier molecular flexibility index (Phi) is 6.53. The van der Waals surface area contributed by atoms with E-state index >= 15 is 0 Å². The van der Waals surface area contributed by atoms with Gasteiger partial charge in [-0.1, -0.05) is 24.3 Å². The first-order valence-corrected chi connectivity index (χ1v) is 13.2. The van der Waals surface area contributed by atoms with Crippen molar-refractivity contribution in [1.82, 2.24) is 14.4 Å². The molecule has 4 N–H and O–H groups in total. The molecule has 9 heteroatoms. The van der Waals surface area contributed by atoms with Gasteiger partial charge in [0.1, 0.15) is 22.8 Å². The number of benzene rings is 3. The van der Waals surface area contributed by atoms with Gasteiger partial charge in [0.25, 0.3) is 0 Å². The summed E-state index contributed by atoms with van der Waals surface area (Å²) in [6.07, 6.45) is 3.71. The second kappa shape index (κ2) is 10.2. The average Bonchev–Trinajstić information content (AvgIpc) is 3.45. The largest absolute Gasteiger partial charge is 0.508 e. The lowest BCUT2D eigenvalue weighted by Gasteiger charge is -2.32. The third kappa shape index (κ3) is 4.70. The van der Waals surface area contributed by atoms with Gasteiger partial charge < -0.3 is 30.2 Å². The topological polar surface area (TPSA) is 121 Å². The van der Waals surface area contributed by atoms with E-state index in [1.807, 2.05) is 30.5 Å². The van der Waals surface area contributed by atoms with Gasteiger partial charge in [0.2, 0.25) is 11.7 Å². The maximum atomic E-state index is 13.2. The number of hydrogen-bond donors (Lipinski definition) is 3. The molecule has 0 spiro atoms. The number of amides is 1. The Hall–Kier alpha value is -4.60. The molecule has 0 saturated carbocycles. The fraction of sp³-hybridized carbons (Fsp3) is 0.226. The molecule has 0 unspecified atom stereocenters. The van der Waals surface area contributed by atoms with Crippen LogP contribution >= 0.6 is 0 Å². The molecule has 3 heterocycles. The third-order valence-electron chi connectivity index (χ3n) is 7.69. The molecule has 2 aliphatic heterocycles. The van der Waals surface area contributed by atoms with Crippen molar-refractivity contribution in [3.8, 4) is 28.4 Å².